The SMILES string of the molecule is CC(=O)c1cc2c(cc1N(C(=O)Cc1cccs1)[C@@H](C(=O)NC1CCCCC1)c1cccs1)OCO2. The predicted octanol–water partition coefficient (Wildman–Crippen LogP) is 5.51. The molecule has 0 unspecified atom stereocenters. The van der Waals surface area contributed by atoms with E-state index in [-0.39, 0.29) is 36.9 Å². The lowest BCUT2D eigenvalue weighted by Crippen LogP contribution is -2.47. The Labute approximate surface area is 218 Å². The van der Waals surface area contributed by atoms with E-state index in [2.05, 4.69) is 5.32 Å². The first-order valence-corrected chi connectivity index (χ1v) is 13.9. The standard InChI is InChI=1S/C27H28N2O5S2/c1-17(30)20-14-22-23(34-16-33-22)15-21(20)29(25(31)13-19-9-5-11-35-19)26(24-10-6-12-36-24)27(32)28-18-7-3-2-4-8-18/h5-6,9-12,14-15,18,26H,2-4,7-8,13,16H2,1H3,(H,28,32)/t26-/m1/s1. The van der Waals surface area contributed by atoms with Gasteiger partial charge in [-0.25, -0.2) is 0 Å². The number of thiophene rings is 2. The van der Waals surface area contributed by atoms with Gasteiger partial charge in [-0.2, -0.15) is 0 Å². The maximum absolute atomic E-state index is 14.0. The van der Waals surface area contributed by atoms with Gasteiger partial charge in [0.25, 0.3) is 0 Å². The summed E-state index contributed by atoms with van der Waals surface area (Å²) in [6.45, 7) is 1.49. The van der Waals surface area contributed by atoms with Gasteiger partial charge in [0, 0.05) is 27.4 Å². The number of rotatable bonds is 8. The van der Waals surface area contributed by atoms with Gasteiger partial charge in [0.15, 0.2) is 17.3 Å². The summed E-state index contributed by atoms with van der Waals surface area (Å²) in [6, 6.07) is 9.94. The van der Waals surface area contributed by atoms with E-state index in [4.69, 9.17) is 9.47 Å². The molecule has 5 rings (SSSR count). The van der Waals surface area contributed by atoms with Crippen LogP contribution >= 0.6 is 22.7 Å². The third kappa shape index (κ3) is 5.17. The van der Waals surface area contributed by atoms with Crippen LogP contribution in [0.5, 0.6) is 11.5 Å². The highest BCUT2D eigenvalue weighted by Gasteiger charge is 2.37. The van der Waals surface area contributed by atoms with E-state index >= 15 is 0 Å². The molecule has 3 heterocycles. The number of ether oxygens (including phenoxy) is 2. The van der Waals surface area contributed by atoms with E-state index in [0.717, 1.165) is 35.4 Å². The lowest BCUT2D eigenvalue weighted by atomic mass is 9.95. The maximum atomic E-state index is 14.0. The van der Waals surface area contributed by atoms with Gasteiger partial charge in [0.1, 0.15) is 6.04 Å². The Morgan fingerprint density at radius 1 is 1.03 bits per heavy atom. The normalized spacial score (nSPS) is 15.9. The first-order chi connectivity index (χ1) is 17.5. The molecular formula is C27H28N2O5S2. The van der Waals surface area contributed by atoms with Gasteiger partial charge >= 0.3 is 0 Å². The molecule has 3 aromatic rings. The molecule has 1 aromatic carbocycles. The van der Waals surface area contributed by atoms with E-state index in [1.807, 2.05) is 35.0 Å². The summed E-state index contributed by atoms with van der Waals surface area (Å²) < 4.78 is 11.1. The molecule has 1 N–H and O–H groups in total. The van der Waals surface area contributed by atoms with Gasteiger partial charge in [-0.3, -0.25) is 19.3 Å². The number of anilines is 1. The number of Topliss-reactive ketones (excluding diaryl/α,β-unsaturated/α-hetero) is 1. The lowest BCUT2D eigenvalue weighted by Gasteiger charge is -2.33. The van der Waals surface area contributed by atoms with Crippen molar-refractivity contribution < 1.29 is 23.9 Å². The summed E-state index contributed by atoms with van der Waals surface area (Å²) >= 11 is 2.90. The van der Waals surface area contributed by atoms with Crippen LogP contribution in [0.1, 0.15) is 65.2 Å². The summed E-state index contributed by atoms with van der Waals surface area (Å²) in [5, 5.41) is 7.02. The van der Waals surface area contributed by atoms with Crippen molar-refractivity contribution in [3.63, 3.8) is 0 Å². The van der Waals surface area contributed by atoms with Crippen LogP contribution in [-0.4, -0.2) is 30.4 Å². The van der Waals surface area contributed by atoms with Gasteiger partial charge in [-0.05, 0) is 48.7 Å². The zero-order chi connectivity index (χ0) is 25.1. The molecule has 1 atom stereocenters. The fraction of sp³-hybridized carbons (Fsp3) is 0.370. The Bertz CT molecular complexity index is 1230. The Morgan fingerprint density at radius 2 is 1.75 bits per heavy atom. The number of carbonyl (C=O) groups excluding carboxylic acids is 3. The van der Waals surface area contributed by atoms with E-state index in [0.29, 0.717) is 22.7 Å². The number of nitrogens with one attached hydrogen (secondary N) is 1. The van der Waals surface area contributed by atoms with Gasteiger partial charge in [-0.15, -0.1) is 22.7 Å². The number of amides is 2. The molecule has 0 saturated heterocycles. The highest BCUT2D eigenvalue weighted by molar-refractivity contribution is 7.10. The highest BCUT2D eigenvalue weighted by atomic mass is 32.1. The second kappa shape index (κ2) is 10.8. The Balaban J connectivity index is 1.61. The minimum atomic E-state index is -0.919. The van der Waals surface area contributed by atoms with E-state index in [1.54, 1.807) is 12.1 Å². The number of ketones is 1. The zero-order valence-corrected chi connectivity index (χ0v) is 21.7. The monoisotopic (exact) mass is 524 g/mol. The molecule has 0 radical (unpaired) electrons. The van der Waals surface area contributed by atoms with Gasteiger partial charge in [0.2, 0.25) is 18.6 Å². The van der Waals surface area contributed by atoms with Crippen molar-refractivity contribution in [3.05, 3.63) is 62.5 Å². The summed E-state index contributed by atoms with van der Waals surface area (Å²) in [4.78, 5) is 43.8. The Kier molecular flexibility index (Phi) is 7.38. The molecule has 9 heteroatoms. The third-order valence-corrected chi connectivity index (χ3v) is 8.38. The summed E-state index contributed by atoms with van der Waals surface area (Å²) in [5.41, 5.74) is 0.663. The van der Waals surface area contributed by atoms with Crippen molar-refractivity contribution in [2.45, 2.75) is 57.5 Å². The molecule has 1 aliphatic carbocycles. The van der Waals surface area contributed by atoms with Crippen LogP contribution < -0.4 is 19.7 Å². The number of benzene rings is 1. The first kappa shape index (κ1) is 24.5. The summed E-state index contributed by atoms with van der Waals surface area (Å²) in [6.07, 6.45) is 5.29. The molecule has 7 nitrogen and oxygen atoms in total. The van der Waals surface area contributed by atoms with Crippen molar-refractivity contribution >= 4 is 46.0 Å². The van der Waals surface area contributed by atoms with Crippen LogP contribution in [0.2, 0.25) is 0 Å². The number of fused-ring (bicyclic) bond motifs is 1. The van der Waals surface area contributed by atoms with E-state index < -0.39 is 6.04 Å². The summed E-state index contributed by atoms with van der Waals surface area (Å²) in [7, 11) is 0. The maximum Gasteiger partial charge on any atom is 0.248 e. The molecule has 1 aliphatic heterocycles. The van der Waals surface area contributed by atoms with E-state index in [1.165, 1.54) is 40.9 Å². The van der Waals surface area contributed by atoms with Crippen LogP contribution in [0, 0.1) is 0 Å². The number of hydrogen-bond donors (Lipinski definition) is 1. The molecule has 2 aromatic heterocycles. The average Bonchev–Trinajstić information content (AvgIpc) is 3.65. The molecule has 2 aliphatic rings. The second-order valence-electron chi connectivity index (χ2n) is 9.06. The second-order valence-corrected chi connectivity index (χ2v) is 11.1. The smallest absolute Gasteiger partial charge is 0.248 e. The van der Waals surface area contributed by atoms with Gasteiger partial charge in [0.05, 0.1) is 12.1 Å². The van der Waals surface area contributed by atoms with Crippen molar-refractivity contribution in [2.75, 3.05) is 11.7 Å². The molecule has 2 amide bonds. The van der Waals surface area contributed by atoms with Crippen molar-refractivity contribution in [3.8, 4) is 11.5 Å². The number of nitrogens with zero attached hydrogens (tertiary/aromatic N) is 1. The topological polar surface area (TPSA) is 84.9 Å². The van der Waals surface area contributed by atoms with Crippen molar-refractivity contribution in [2.24, 2.45) is 0 Å². The number of carbonyl (C=O) groups is 3. The molecule has 0 spiro atoms. The largest absolute Gasteiger partial charge is 0.454 e. The number of hydrogen-bond acceptors (Lipinski definition) is 7. The minimum absolute atomic E-state index is 0.0375. The zero-order valence-electron chi connectivity index (χ0n) is 20.0. The van der Waals surface area contributed by atoms with Crippen molar-refractivity contribution in [1.29, 1.82) is 0 Å². The van der Waals surface area contributed by atoms with Gasteiger partial charge < -0.3 is 14.8 Å². The molecule has 36 heavy (non-hydrogen) atoms. The molecule has 0 bridgehead atoms. The van der Waals surface area contributed by atoms with Crippen LogP contribution in [-0.2, 0) is 16.0 Å². The predicted molar refractivity (Wildman–Crippen MR) is 140 cm³/mol. The Hall–Kier alpha value is -3.17. The van der Waals surface area contributed by atoms with Crippen LogP contribution in [0.25, 0.3) is 0 Å². The third-order valence-electron chi connectivity index (χ3n) is 6.57. The molecular weight excluding hydrogens is 496 g/mol. The minimum Gasteiger partial charge on any atom is -0.454 e. The van der Waals surface area contributed by atoms with Crippen LogP contribution in [0.3, 0.4) is 0 Å². The quantitative estimate of drug-likeness (QED) is 0.393. The fourth-order valence-corrected chi connectivity index (χ4v) is 6.33. The lowest BCUT2D eigenvalue weighted by molar-refractivity contribution is -0.127. The van der Waals surface area contributed by atoms with Crippen LogP contribution in [0.15, 0.2) is 47.2 Å². The van der Waals surface area contributed by atoms with Gasteiger partial charge in [-0.1, -0.05) is 31.4 Å². The average molecular weight is 525 g/mol. The van der Waals surface area contributed by atoms with Crippen molar-refractivity contribution in [1.82, 2.24) is 5.32 Å². The first-order valence-electron chi connectivity index (χ1n) is 12.1. The molecule has 188 valence electrons. The molecule has 1 fully saturated rings. The summed E-state index contributed by atoms with van der Waals surface area (Å²) in [5.74, 6) is 0.164. The van der Waals surface area contributed by atoms with Crippen LogP contribution in [0.4, 0.5) is 5.69 Å². The Morgan fingerprint density at radius 3 is 2.42 bits per heavy atom. The van der Waals surface area contributed by atoms with E-state index in [9.17, 15) is 14.4 Å². The fourth-order valence-electron chi connectivity index (χ4n) is 4.82. The molecule has 1 saturated carbocycles. The highest BCUT2D eigenvalue weighted by Crippen LogP contribution is 2.42.